The van der Waals surface area contributed by atoms with E-state index in [1.54, 1.807) is 0 Å². The van der Waals surface area contributed by atoms with Crippen molar-refractivity contribution in [1.29, 1.82) is 0 Å². The minimum absolute atomic E-state index is 0.221. The first kappa shape index (κ1) is 11.3. The van der Waals surface area contributed by atoms with E-state index in [0.29, 0.717) is 19.1 Å². The summed E-state index contributed by atoms with van der Waals surface area (Å²) in [6.07, 6.45) is 3.19. The lowest BCUT2D eigenvalue weighted by Crippen LogP contribution is -2.48. The molecule has 88 valence electrons. The highest BCUT2D eigenvalue weighted by molar-refractivity contribution is 4.85. The van der Waals surface area contributed by atoms with Crippen LogP contribution in [0.4, 0.5) is 0 Å². The lowest BCUT2D eigenvalue weighted by atomic mass is 9.96. The summed E-state index contributed by atoms with van der Waals surface area (Å²) in [5.41, 5.74) is 5.57. The molecule has 2 fully saturated rings. The highest BCUT2D eigenvalue weighted by Gasteiger charge is 2.33. The van der Waals surface area contributed by atoms with E-state index in [9.17, 15) is 0 Å². The molecule has 0 saturated carbocycles. The smallest absolute Gasteiger partial charge is 0.104 e. The van der Waals surface area contributed by atoms with Gasteiger partial charge in [-0.3, -0.25) is 0 Å². The summed E-state index contributed by atoms with van der Waals surface area (Å²) in [4.78, 5) is 0. The van der Waals surface area contributed by atoms with Gasteiger partial charge in [-0.1, -0.05) is 0 Å². The van der Waals surface area contributed by atoms with E-state index in [-0.39, 0.29) is 5.60 Å². The highest BCUT2D eigenvalue weighted by Crippen LogP contribution is 2.24. The Kier molecular flexibility index (Phi) is 3.97. The van der Waals surface area contributed by atoms with Gasteiger partial charge < -0.3 is 19.9 Å². The van der Waals surface area contributed by atoms with Crippen LogP contribution >= 0.6 is 0 Å². The fourth-order valence-corrected chi connectivity index (χ4v) is 2.17. The lowest BCUT2D eigenvalue weighted by Gasteiger charge is -2.36. The number of rotatable bonds is 4. The van der Waals surface area contributed by atoms with Gasteiger partial charge in [0.05, 0.1) is 19.8 Å². The van der Waals surface area contributed by atoms with Crippen LogP contribution in [-0.4, -0.2) is 45.2 Å². The third kappa shape index (κ3) is 2.91. The Morgan fingerprint density at radius 3 is 2.87 bits per heavy atom. The van der Waals surface area contributed by atoms with Gasteiger partial charge >= 0.3 is 0 Å². The molecule has 4 heteroatoms. The molecule has 0 radical (unpaired) electrons. The Morgan fingerprint density at radius 2 is 2.27 bits per heavy atom. The summed E-state index contributed by atoms with van der Waals surface area (Å²) in [6, 6.07) is 0. The van der Waals surface area contributed by atoms with E-state index < -0.39 is 0 Å². The van der Waals surface area contributed by atoms with Gasteiger partial charge in [0.15, 0.2) is 0 Å². The van der Waals surface area contributed by atoms with Gasteiger partial charge in [0.1, 0.15) is 5.60 Å². The Bertz CT molecular complexity index is 186. The molecule has 2 aliphatic rings. The molecule has 0 spiro atoms. The van der Waals surface area contributed by atoms with Crippen molar-refractivity contribution in [3.8, 4) is 0 Å². The van der Waals surface area contributed by atoms with Crippen molar-refractivity contribution in [3.63, 3.8) is 0 Å². The second kappa shape index (κ2) is 5.25. The zero-order valence-electron chi connectivity index (χ0n) is 9.24. The zero-order valence-corrected chi connectivity index (χ0v) is 9.24. The van der Waals surface area contributed by atoms with Gasteiger partial charge in [0.25, 0.3) is 0 Å². The van der Waals surface area contributed by atoms with Crippen LogP contribution in [0.3, 0.4) is 0 Å². The van der Waals surface area contributed by atoms with Gasteiger partial charge in [-0.2, -0.15) is 0 Å². The molecular weight excluding hydrogens is 194 g/mol. The van der Waals surface area contributed by atoms with Crippen LogP contribution in [0, 0.1) is 5.92 Å². The number of ether oxygens (including phenoxy) is 3. The van der Waals surface area contributed by atoms with Crippen LogP contribution in [0.15, 0.2) is 0 Å². The Hall–Kier alpha value is -0.160. The van der Waals surface area contributed by atoms with Crippen LogP contribution in [-0.2, 0) is 14.2 Å². The normalized spacial score (nSPS) is 37.0. The van der Waals surface area contributed by atoms with Crippen molar-refractivity contribution in [1.82, 2.24) is 0 Å². The Morgan fingerprint density at radius 1 is 1.33 bits per heavy atom. The molecule has 2 atom stereocenters. The van der Waals surface area contributed by atoms with Crippen molar-refractivity contribution < 1.29 is 14.2 Å². The van der Waals surface area contributed by atoms with Crippen molar-refractivity contribution in [3.05, 3.63) is 0 Å². The third-order valence-electron chi connectivity index (χ3n) is 3.31. The average molecular weight is 215 g/mol. The van der Waals surface area contributed by atoms with Crippen LogP contribution in [0.2, 0.25) is 0 Å². The SMILES string of the molecule is NCC1(OCC2CCOC2)CCCOC1. The molecule has 2 unspecified atom stereocenters. The largest absolute Gasteiger partial charge is 0.381 e. The van der Waals surface area contributed by atoms with E-state index in [0.717, 1.165) is 45.7 Å². The first-order valence-electron chi connectivity index (χ1n) is 5.84. The second-order valence-corrected chi connectivity index (χ2v) is 4.58. The van der Waals surface area contributed by atoms with Gasteiger partial charge in [-0.15, -0.1) is 0 Å². The summed E-state index contributed by atoms with van der Waals surface area (Å²) in [6.45, 7) is 4.53. The molecule has 0 aromatic heterocycles. The monoisotopic (exact) mass is 215 g/mol. The molecule has 0 bridgehead atoms. The van der Waals surface area contributed by atoms with Crippen LogP contribution in [0.1, 0.15) is 19.3 Å². The Balaban J connectivity index is 1.78. The summed E-state index contributed by atoms with van der Waals surface area (Å²) < 4.78 is 16.7. The predicted molar refractivity (Wildman–Crippen MR) is 56.7 cm³/mol. The van der Waals surface area contributed by atoms with E-state index in [4.69, 9.17) is 19.9 Å². The van der Waals surface area contributed by atoms with Gasteiger partial charge in [-0.05, 0) is 19.3 Å². The van der Waals surface area contributed by atoms with Crippen molar-refractivity contribution >= 4 is 0 Å². The highest BCUT2D eigenvalue weighted by atomic mass is 16.5. The van der Waals surface area contributed by atoms with Crippen molar-refractivity contribution in [2.24, 2.45) is 11.7 Å². The molecule has 0 aliphatic carbocycles. The molecule has 4 nitrogen and oxygen atoms in total. The first-order valence-corrected chi connectivity index (χ1v) is 5.84. The summed E-state index contributed by atoms with van der Waals surface area (Å²) in [5.74, 6) is 0.551. The molecule has 2 aliphatic heterocycles. The van der Waals surface area contributed by atoms with Crippen LogP contribution in [0.5, 0.6) is 0 Å². The number of nitrogens with two attached hydrogens (primary N) is 1. The second-order valence-electron chi connectivity index (χ2n) is 4.58. The average Bonchev–Trinajstić information content (AvgIpc) is 2.81. The number of hydrogen-bond acceptors (Lipinski definition) is 4. The maximum absolute atomic E-state index is 5.97. The molecule has 2 heterocycles. The maximum atomic E-state index is 5.97. The van der Waals surface area contributed by atoms with Gasteiger partial charge in [0, 0.05) is 25.7 Å². The van der Waals surface area contributed by atoms with Gasteiger partial charge in [0.2, 0.25) is 0 Å². The van der Waals surface area contributed by atoms with Crippen LogP contribution < -0.4 is 5.73 Å². The van der Waals surface area contributed by atoms with Crippen molar-refractivity contribution in [2.75, 3.05) is 39.6 Å². The van der Waals surface area contributed by atoms with Gasteiger partial charge in [-0.25, -0.2) is 0 Å². The quantitative estimate of drug-likeness (QED) is 0.744. The molecule has 0 aromatic carbocycles. The fourth-order valence-electron chi connectivity index (χ4n) is 2.17. The van der Waals surface area contributed by atoms with Crippen LogP contribution in [0.25, 0.3) is 0 Å². The zero-order chi connectivity index (χ0) is 10.6. The molecule has 15 heavy (non-hydrogen) atoms. The molecule has 2 N–H and O–H groups in total. The molecule has 0 aromatic rings. The minimum atomic E-state index is -0.221. The molecule has 2 saturated heterocycles. The summed E-state index contributed by atoms with van der Waals surface area (Å²) in [7, 11) is 0. The lowest BCUT2D eigenvalue weighted by molar-refractivity contribution is -0.131. The van der Waals surface area contributed by atoms with Crippen molar-refractivity contribution in [2.45, 2.75) is 24.9 Å². The maximum Gasteiger partial charge on any atom is 0.104 e. The van der Waals surface area contributed by atoms with E-state index >= 15 is 0 Å². The van der Waals surface area contributed by atoms with E-state index in [1.165, 1.54) is 0 Å². The van der Waals surface area contributed by atoms with E-state index in [1.807, 2.05) is 0 Å². The first-order chi connectivity index (χ1) is 7.35. The van der Waals surface area contributed by atoms with E-state index in [2.05, 4.69) is 0 Å². The minimum Gasteiger partial charge on any atom is -0.381 e. The molecule has 2 rings (SSSR count). The molecule has 0 amide bonds. The molecular formula is C11H21NO3. The topological polar surface area (TPSA) is 53.7 Å². The predicted octanol–water partition coefficient (Wildman–Crippen LogP) is 0.547. The third-order valence-corrected chi connectivity index (χ3v) is 3.31. The Labute approximate surface area is 91.1 Å². The fraction of sp³-hybridized carbons (Fsp3) is 1.00. The standard InChI is InChI=1S/C11H21NO3/c12-8-11(3-1-4-14-9-11)15-7-10-2-5-13-6-10/h10H,1-9,12H2. The summed E-state index contributed by atoms with van der Waals surface area (Å²) >= 11 is 0. The summed E-state index contributed by atoms with van der Waals surface area (Å²) in [5, 5.41) is 0. The number of hydrogen-bond donors (Lipinski definition) is 1.